The van der Waals surface area contributed by atoms with Crippen LogP contribution in [0.4, 0.5) is 19.5 Å². The van der Waals surface area contributed by atoms with Crippen molar-refractivity contribution in [3.63, 3.8) is 0 Å². The summed E-state index contributed by atoms with van der Waals surface area (Å²) < 4.78 is 51.3. The molecule has 0 saturated carbocycles. The van der Waals surface area contributed by atoms with Crippen LogP contribution in [0.25, 0.3) is 0 Å². The summed E-state index contributed by atoms with van der Waals surface area (Å²) in [6.45, 7) is 0. The van der Waals surface area contributed by atoms with Crippen molar-refractivity contribution in [2.45, 2.75) is 4.90 Å². The van der Waals surface area contributed by atoms with Gasteiger partial charge in [-0.2, -0.15) is 0 Å². The number of sulfonamides is 1. The molecule has 0 amide bonds. The predicted octanol–water partition coefficient (Wildman–Crippen LogP) is 2.76. The Morgan fingerprint density at radius 1 is 1.24 bits per heavy atom. The molecule has 21 heavy (non-hydrogen) atoms. The number of thiophene rings is 1. The summed E-state index contributed by atoms with van der Waals surface area (Å²) in [5, 5.41) is 11.4. The van der Waals surface area contributed by atoms with Crippen molar-refractivity contribution >= 4 is 32.0 Å². The number of nitro groups is 1. The van der Waals surface area contributed by atoms with Crippen molar-refractivity contribution in [1.82, 2.24) is 0 Å². The van der Waals surface area contributed by atoms with Crippen LogP contribution in [-0.2, 0) is 10.0 Å². The van der Waals surface area contributed by atoms with E-state index in [2.05, 4.69) is 0 Å². The van der Waals surface area contributed by atoms with Gasteiger partial charge in [0.15, 0.2) is 11.6 Å². The van der Waals surface area contributed by atoms with Crippen LogP contribution in [0.1, 0.15) is 0 Å². The first-order chi connectivity index (χ1) is 9.73. The van der Waals surface area contributed by atoms with Gasteiger partial charge in [0, 0.05) is 24.6 Å². The Labute approximate surface area is 122 Å². The number of anilines is 1. The Bertz CT molecular complexity index is 804. The molecule has 0 N–H and O–H groups in total. The van der Waals surface area contributed by atoms with Crippen LogP contribution in [0.3, 0.4) is 0 Å². The van der Waals surface area contributed by atoms with E-state index in [0.29, 0.717) is 11.3 Å². The highest BCUT2D eigenvalue weighted by molar-refractivity contribution is 7.93. The second-order valence-corrected chi connectivity index (χ2v) is 6.81. The number of benzene rings is 1. The maximum atomic E-state index is 13.2. The molecule has 10 heteroatoms. The summed E-state index contributed by atoms with van der Waals surface area (Å²) in [4.78, 5) is 9.59. The van der Waals surface area contributed by atoms with E-state index < -0.39 is 26.6 Å². The van der Waals surface area contributed by atoms with Crippen LogP contribution in [0, 0.1) is 21.7 Å². The van der Waals surface area contributed by atoms with Gasteiger partial charge in [-0.05, 0) is 12.1 Å². The van der Waals surface area contributed by atoms with Gasteiger partial charge >= 0.3 is 5.00 Å². The first-order valence-corrected chi connectivity index (χ1v) is 7.72. The summed E-state index contributed by atoms with van der Waals surface area (Å²) in [5.41, 5.74) is -0.0947. The minimum atomic E-state index is -4.08. The molecule has 0 unspecified atom stereocenters. The molecular weight excluding hydrogens is 326 g/mol. The van der Waals surface area contributed by atoms with Gasteiger partial charge in [0.2, 0.25) is 0 Å². The average molecular weight is 334 g/mol. The van der Waals surface area contributed by atoms with Gasteiger partial charge < -0.3 is 0 Å². The molecule has 0 atom stereocenters. The molecule has 0 radical (unpaired) electrons. The lowest BCUT2D eigenvalue weighted by molar-refractivity contribution is -0.380. The number of hydrogen-bond acceptors (Lipinski definition) is 5. The third-order valence-corrected chi connectivity index (χ3v) is 5.46. The number of hydrogen-bond donors (Lipinski definition) is 0. The van der Waals surface area contributed by atoms with Crippen molar-refractivity contribution in [3.05, 3.63) is 51.4 Å². The van der Waals surface area contributed by atoms with E-state index in [9.17, 15) is 27.3 Å². The van der Waals surface area contributed by atoms with Gasteiger partial charge in [0.25, 0.3) is 10.0 Å². The van der Waals surface area contributed by atoms with Gasteiger partial charge in [-0.3, -0.25) is 14.4 Å². The lowest BCUT2D eigenvalue weighted by Gasteiger charge is -2.18. The standard InChI is InChI=1S/C11H8F2N2O4S2/c1-14(7-2-3-9(12)10(13)4-7)21(18,19)8-5-11(15(16)17)20-6-8/h2-6H,1H3. The molecule has 0 bridgehead atoms. The van der Waals surface area contributed by atoms with E-state index in [-0.39, 0.29) is 15.6 Å². The van der Waals surface area contributed by atoms with Gasteiger partial charge in [0.05, 0.1) is 10.6 Å². The summed E-state index contributed by atoms with van der Waals surface area (Å²) in [6.07, 6.45) is 0. The highest BCUT2D eigenvalue weighted by Crippen LogP contribution is 2.30. The zero-order valence-corrected chi connectivity index (χ0v) is 12.1. The fourth-order valence-electron chi connectivity index (χ4n) is 1.52. The SMILES string of the molecule is CN(c1ccc(F)c(F)c1)S(=O)(=O)c1csc([N+](=O)[O-])c1. The third-order valence-electron chi connectivity index (χ3n) is 2.67. The molecule has 0 aliphatic rings. The van der Waals surface area contributed by atoms with E-state index in [1.165, 1.54) is 0 Å². The maximum absolute atomic E-state index is 13.2. The van der Waals surface area contributed by atoms with Gasteiger partial charge in [-0.15, -0.1) is 0 Å². The lowest BCUT2D eigenvalue weighted by Crippen LogP contribution is -2.26. The molecule has 2 aromatic rings. The second-order valence-electron chi connectivity index (χ2n) is 3.95. The predicted molar refractivity (Wildman–Crippen MR) is 72.9 cm³/mol. The number of nitrogens with zero attached hydrogens (tertiary/aromatic N) is 2. The van der Waals surface area contributed by atoms with E-state index in [1.807, 2.05) is 0 Å². The zero-order valence-electron chi connectivity index (χ0n) is 10.5. The molecule has 1 aromatic carbocycles. The molecule has 0 spiro atoms. The largest absolute Gasteiger partial charge is 0.325 e. The molecule has 2 rings (SSSR count). The first-order valence-electron chi connectivity index (χ1n) is 5.40. The molecule has 1 aromatic heterocycles. The summed E-state index contributed by atoms with van der Waals surface area (Å²) in [7, 11) is -2.94. The first kappa shape index (κ1) is 15.3. The van der Waals surface area contributed by atoms with Crippen molar-refractivity contribution in [2.24, 2.45) is 0 Å². The average Bonchev–Trinajstić information content (AvgIpc) is 2.91. The molecule has 0 aliphatic carbocycles. The Hall–Kier alpha value is -2.07. The van der Waals surface area contributed by atoms with Crippen molar-refractivity contribution in [3.8, 4) is 0 Å². The summed E-state index contributed by atoms with van der Waals surface area (Å²) in [5.74, 6) is -2.29. The highest BCUT2D eigenvalue weighted by Gasteiger charge is 2.26. The minimum Gasteiger partial charge on any atom is -0.269 e. The van der Waals surface area contributed by atoms with Crippen molar-refractivity contribution < 1.29 is 22.1 Å². The summed E-state index contributed by atoms with van der Waals surface area (Å²) >= 11 is 0.664. The van der Waals surface area contributed by atoms with Crippen LogP contribution in [0.2, 0.25) is 0 Å². The van der Waals surface area contributed by atoms with Gasteiger partial charge in [-0.25, -0.2) is 17.2 Å². The normalized spacial score (nSPS) is 11.4. The topological polar surface area (TPSA) is 80.5 Å². The molecule has 112 valence electrons. The number of rotatable bonds is 4. The Morgan fingerprint density at radius 3 is 2.43 bits per heavy atom. The van der Waals surface area contributed by atoms with Crippen molar-refractivity contribution in [2.75, 3.05) is 11.4 Å². The fourth-order valence-corrected chi connectivity index (χ4v) is 3.78. The van der Waals surface area contributed by atoms with Crippen LogP contribution in [0.5, 0.6) is 0 Å². The monoisotopic (exact) mass is 334 g/mol. The van der Waals surface area contributed by atoms with E-state index in [1.54, 1.807) is 0 Å². The second kappa shape index (κ2) is 5.37. The Kier molecular flexibility index (Phi) is 3.92. The molecule has 1 heterocycles. The van der Waals surface area contributed by atoms with Gasteiger partial charge in [-0.1, -0.05) is 11.3 Å². The number of halogens is 2. The van der Waals surface area contributed by atoms with Crippen LogP contribution >= 0.6 is 11.3 Å². The quantitative estimate of drug-likeness (QED) is 0.636. The third kappa shape index (κ3) is 2.85. The molecule has 6 nitrogen and oxygen atoms in total. The maximum Gasteiger partial charge on any atom is 0.325 e. The molecule has 0 aliphatic heterocycles. The van der Waals surface area contributed by atoms with E-state index in [4.69, 9.17) is 0 Å². The highest BCUT2D eigenvalue weighted by atomic mass is 32.2. The van der Waals surface area contributed by atoms with Gasteiger partial charge in [0.1, 0.15) is 4.90 Å². The zero-order chi connectivity index (χ0) is 15.8. The smallest absolute Gasteiger partial charge is 0.269 e. The van der Waals surface area contributed by atoms with Crippen molar-refractivity contribution in [1.29, 1.82) is 0 Å². The fraction of sp³-hybridized carbons (Fsp3) is 0.0909. The lowest BCUT2D eigenvalue weighted by atomic mass is 10.3. The van der Waals surface area contributed by atoms with Crippen LogP contribution < -0.4 is 4.31 Å². The molecule has 0 saturated heterocycles. The summed E-state index contributed by atoms with van der Waals surface area (Å²) in [6, 6.07) is 3.54. The molecule has 0 fully saturated rings. The van der Waals surface area contributed by atoms with Crippen LogP contribution in [0.15, 0.2) is 34.5 Å². The Balaban J connectivity index is 2.41. The Morgan fingerprint density at radius 2 is 1.90 bits per heavy atom. The molecular formula is C11H8F2N2O4S2. The van der Waals surface area contributed by atoms with Crippen LogP contribution in [-0.4, -0.2) is 20.4 Å². The van der Waals surface area contributed by atoms with E-state index in [0.717, 1.165) is 41.0 Å². The minimum absolute atomic E-state index is 0.0947. The van der Waals surface area contributed by atoms with E-state index >= 15 is 0 Å².